The van der Waals surface area contributed by atoms with E-state index in [4.69, 9.17) is 4.74 Å². The molecule has 0 spiro atoms. The number of aromatic nitrogens is 1. The first-order chi connectivity index (χ1) is 17.0. The van der Waals surface area contributed by atoms with Crippen molar-refractivity contribution in [2.75, 3.05) is 12.0 Å². The van der Waals surface area contributed by atoms with Crippen molar-refractivity contribution in [3.63, 3.8) is 0 Å². The number of nitrogens with zero attached hydrogens (tertiary/aromatic N) is 1. The van der Waals surface area contributed by atoms with Gasteiger partial charge in [-0.1, -0.05) is 29.5 Å². The highest BCUT2D eigenvalue weighted by molar-refractivity contribution is 8.00. The molecule has 3 fully saturated rings. The number of halogens is 1. The molecule has 7 atom stereocenters. The van der Waals surface area contributed by atoms with Crippen LogP contribution in [0.3, 0.4) is 0 Å². The fraction of sp³-hybridized carbons (Fsp3) is 0.346. The van der Waals surface area contributed by atoms with Gasteiger partial charge in [-0.25, -0.2) is 4.39 Å². The molecular formula is C26H21FN2O4S2. The van der Waals surface area contributed by atoms with Crippen LogP contribution in [0.4, 0.5) is 10.1 Å². The summed E-state index contributed by atoms with van der Waals surface area (Å²) in [6, 6.07) is 13.4. The molecule has 9 heteroatoms. The van der Waals surface area contributed by atoms with Crippen LogP contribution >= 0.6 is 23.1 Å². The fourth-order valence-corrected chi connectivity index (χ4v) is 10.0. The number of imide groups is 1. The second kappa shape index (κ2) is 7.54. The van der Waals surface area contributed by atoms with E-state index < -0.39 is 11.7 Å². The Morgan fingerprint density at radius 1 is 1.00 bits per heavy atom. The van der Waals surface area contributed by atoms with E-state index in [0.29, 0.717) is 5.69 Å². The SMILES string of the molecule is COc1ccccc1[C@H]1c2sc(=O)[nH]c2S[C@@H]2[C@H]3C[C@@H]([C@@H]4C(=O)N(c5ccc(F)cc5)C(=O)[C@H]34)[C@H]12. The number of ether oxygens (including phenoxy) is 1. The second-order valence-electron chi connectivity index (χ2n) is 9.69. The topological polar surface area (TPSA) is 79.5 Å². The minimum Gasteiger partial charge on any atom is -0.496 e. The van der Waals surface area contributed by atoms with Crippen LogP contribution in [0.15, 0.2) is 58.4 Å². The number of anilines is 1. The first kappa shape index (κ1) is 21.4. The Morgan fingerprint density at radius 3 is 2.46 bits per heavy atom. The van der Waals surface area contributed by atoms with Gasteiger partial charge in [0.05, 0.1) is 29.7 Å². The van der Waals surface area contributed by atoms with Crippen LogP contribution in [0.25, 0.3) is 0 Å². The van der Waals surface area contributed by atoms with Gasteiger partial charge in [0.25, 0.3) is 0 Å². The van der Waals surface area contributed by atoms with Crippen LogP contribution in [-0.4, -0.2) is 29.2 Å². The highest BCUT2D eigenvalue weighted by Gasteiger charge is 2.69. The molecule has 7 rings (SSSR count). The van der Waals surface area contributed by atoms with E-state index >= 15 is 0 Å². The summed E-state index contributed by atoms with van der Waals surface area (Å²) in [7, 11) is 1.64. The van der Waals surface area contributed by atoms with E-state index in [1.807, 2.05) is 24.3 Å². The number of methoxy groups -OCH3 is 1. The van der Waals surface area contributed by atoms with E-state index in [0.717, 1.165) is 27.6 Å². The molecule has 178 valence electrons. The molecule has 2 aromatic carbocycles. The average Bonchev–Trinajstić information content (AvgIpc) is 3.59. The normalized spacial score (nSPS) is 32.5. The number of fused-ring (bicyclic) bond motifs is 9. The molecule has 2 saturated carbocycles. The first-order valence-electron chi connectivity index (χ1n) is 11.6. The molecule has 1 aromatic heterocycles. The van der Waals surface area contributed by atoms with Gasteiger partial charge in [0, 0.05) is 21.6 Å². The summed E-state index contributed by atoms with van der Waals surface area (Å²) in [5.41, 5.74) is 1.44. The lowest BCUT2D eigenvalue weighted by atomic mass is 9.68. The lowest BCUT2D eigenvalue weighted by Crippen LogP contribution is -2.42. The molecular weight excluding hydrogens is 487 g/mol. The number of carbonyl (C=O) groups is 2. The predicted molar refractivity (Wildman–Crippen MR) is 130 cm³/mol. The number of rotatable bonds is 3. The maximum atomic E-state index is 13.7. The zero-order valence-electron chi connectivity index (χ0n) is 18.6. The molecule has 35 heavy (non-hydrogen) atoms. The Bertz CT molecular complexity index is 1430. The number of para-hydroxylation sites is 1. The molecule has 6 nitrogen and oxygen atoms in total. The van der Waals surface area contributed by atoms with Gasteiger partial charge in [-0.15, -0.1) is 11.8 Å². The summed E-state index contributed by atoms with van der Waals surface area (Å²) in [5.74, 6) is -0.718. The molecule has 3 aromatic rings. The van der Waals surface area contributed by atoms with E-state index in [-0.39, 0.29) is 51.5 Å². The Kier molecular flexibility index (Phi) is 4.61. The third kappa shape index (κ3) is 2.85. The summed E-state index contributed by atoms with van der Waals surface area (Å²) in [4.78, 5) is 44.8. The van der Waals surface area contributed by atoms with Crippen molar-refractivity contribution in [2.45, 2.75) is 22.6 Å². The zero-order valence-corrected chi connectivity index (χ0v) is 20.3. The van der Waals surface area contributed by atoms with Crippen molar-refractivity contribution in [2.24, 2.45) is 29.6 Å². The Labute approximate surface area is 208 Å². The van der Waals surface area contributed by atoms with Crippen LogP contribution in [0.5, 0.6) is 5.75 Å². The number of benzene rings is 2. The summed E-state index contributed by atoms with van der Waals surface area (Å²) in [5, 5.41) is 0.979. The minimum absolute atomic E-state index is 0.0182. The van der Waals surface area contributed by atoms with Crippen molar-refractivity contribution >= 4 is 40.6 Å². The van der Waals surface area contributed by atoms with E-state index in [9.17, 15) is 18.8 Å². The van der Waals surface area contributed by atoms with Gasteiger partial charge in [-0.3, -0.25) is 19.3 Å². The number of hydrogen-bond donors (Lipinski definition) is 1. The van der Waals surface area contributed by atoms with Gasteiger partial charge in [0.15, 0.2) is 0 Å². The third-order valence-corrected chi connectivity index (χ3v) is 10.9. The molecule has 1 saturated heterocycles. The van der Waals surface area contributed by atoms with Crippen molar-refractivity contribution in [1.82, 2.24) is 4.98 Å². The number of nitrogens with one attached hydrogen (secondary N) is 1. The molecule has 2 bridgehead atoms. The van der Waals surface area contributed by atoms with Crippen LogP contribution in [0.2, 0.25) is 0 Å². The molecule has 2 amide bonds. The first-order valence-corrected chi connectivity index (χ1v) is 13.3. The van der Waals surface area contributed by atoms with Gasteiger partial charge in [-0.05, 0) is 54.5 Å². The van der Waals surface area contributed by atoms with Crippen molar-refractivity contribution < 1.29 is 18.7 Å². The lowest BCUT2D eigenvalue weighted by Gasteiger charge is -2.43. The monoisotopic (exact) mass is 508 g/mol. The number of thiazole rings is 1. The Morgan fingerprint density at radius 2 is 1.71 bits per heavy atom. The molecule has 3 heterocycles. The van der Waals surface area contributed by atoms with Gasteiger partial charge >= 0.3 is 4.87 Å². The largest absolute Gasteiger partial charge is 0.496 e. The van der Waals surface area contributed by atoms with Gasteiger partial charge in [-0.2, -0.15) is 0 Å². The van der Waals surface area contributed by atoms with Crippen molar-refractivity contribution in [1.29, 1.82) is 0 Å². The molecule has 2 aliphatic carbocycles. The minimum atomic E-state index is -0.407. The van der Waals surface area contributed by atoms with Crippen LogP contribution in [0.1, 0.15) is 22.8 Å². The van der Waals surface area contributed by atoms with E-state index in [2.05, 4.69) is 4.98 Å². The maximum Gasteiger partial charge on any atom is 0.305 e. The Hall–Kier alpha value is -2.91. The molecule has 4 aliphatic rings. The number of thioether (sulfide) groups is 1. The third-order valence-electron chi connectivity index (χ3n) is 8.28. The average molecular weight is 509 g/mol. The lowest BCUT2D eigenvalue weighted by molar-refractivity contribution is -0.123. The number of aromatic amines is 1. The van der Waals surface area contributed by atoms with Gasteiger partial charge in [0.2, 0.25) is 11.8 Å². The standard InChI is InChI=1S/C26H21FN2O4S2/c1-33-16-5-3-2-4-13(16)17-18-14-10-15(21(18)34-23-22(17)35-26(32)28-23)20-19(14)24(30)29(25(20)31)12-8-6-11(27)7-9-12/h2-9,14-15,17-21H,10H2,1H3,(H,28,32)/t14-,15+,17-,18-,19+,20-,21-/m1/s1. The maximum absolute atomic E-state index is 13.7. The second-order valence-corrected chi connectivity index (χ2v) is 11.9. The van der Waals surface area contributed by atoms with Crippen molar-refractivity contribution in [3.05, 3.63) is 74.5 Å². The number of amides is 2. The quantitative estimate of drug-likeness (QED) is 0.535. The van der Waals surface area contributed by atoms with Crippen LogP contribution in [0, 0.1) is 35.4 Å². The Balaban J connectivity index is 1.34. The number of hydrogen-bond acceptors (Lipinski definition) is 6. The summed E-state index contributed by atoms with van der Waals surface area (Å²) < 4.78 is 19.2. The van der Waals surface area contributed by atoms with Crippen molar-refractivity contribution in [3.8, 4) is 5.75 Å². The highest BCUT2D eigenvalue weighted by Crippen LogP contribution is 2.69. The number of H-pyrrole nitrogens is 1. The number of carbonyl (C=O) groups excluding carboxylic acids is 2. The highest BCUT2D eigenvalue weighted by atomic mass is 32.2. The molecule has 0 radical (unpaired) electrons. The van der Waals surface area contributed by atoms with E-state index in [1.54, 1.807) is 18.9 Å². The molecule has 1 N–H and O–H groups in total. The smallest absolute Gasteiger partial charge is 0.305 e. The molecule has 0 unspecified atom stereocenters. The molecule has 2 aliphatic heterocycles. The predicted octanol–water partition coefficient (Wildman–Crippen LogP) is 4.26. The van der Waals surface area contributed by atoms with Gasteiger partial charge in [0.1, 0.15) is 11.6 Å². The van der Waals surface area contributed by atoms with Gasteiger partial charge < -0.3 is 9.72 Å². The fourth-order valence-electron chi connectivity index (χ4n) is 7.13. The van der Waals surface area contributed by atoms with Crippen LogP contribution in [-0.2, 0) is 9.59 Å². The summed E-state index contributed by atoms with van der Waals surface area (Å²) in [6.07, 6.45) is 0.817. The summed E-state index contributed by atoms with van der Waals surface area (Å²) >= 11 is 2.89. The zero-order chi connectivity index (χ0) is 24.0. The van der Waals surface area contributed by atoms with Crippen LogP contribution < -0.4 is 14.5 Å². The summed E-state index contributed by atoms with van der Waals surface area (Å²) in [6.45, 7) is 0. The van der Waals surface area contributed by atoms with E-state index in [1.165, 1.54) is 40.5 Å².